The number of rotatable bonds is 6. The van der Waals surface area contributed by atoms with Crippen molar-refractivity contribution in [1.29, 1.82) is 0 Å². The first-order valence-corrected chi connectivity index (χ1v) is 7.44. The van der Waals surface area contributed by atoms with E-state index in [1.165, 1.54) is 17.7 Å². The van der Waals surface area contributed by atoms with Crippen molar-refractivity contribution in [3.05, 3.63) is 33.2 Å². The second-order valence-corrected chi connectivity index (χ2v) is 5.79. The van der Waals surface area contributed by atoms with Crippen molar-refractivity contribution in [2.75, 3.05) is 5.32 Å². The van der Waals surface area contributed by atoms with Gasteiger partial charge in [0.05, 0.1) is 6.54 Å². The Morgan fingerprint density at radius 1 is 1.53 bits per heavy atom. The molecule has 92 valence electrons. The standard InChI is InChI=1S/C12H16BrN3S/c1-2-3-5-16-6-4-14-12(16)15-8-11-7-10(13)9-17-11/h4,6-7,9H,2-3,5,8H2,1H3,(H,14,15). The van der Waals surface area contributed by atoms with Crippen molar-refractivity contribution in [2.24, 2.45) is 0 Å². The number of anilines is 1. The molecule has 0 aliphatic rings. The van der Waals surface area contributed by atoms with Gasteiger partial charge in [-0.25, -0.2) is 4.98 Å². The highest BCUT2D eigenvalue weighted by Gasteiger charge is 2.03. The number of unbranched alkanes of at least 4 members (excludes halogenated alkanes) is 1. The molecule has 3 nitrogen and oxygen atoms in total. The third-order valence-corrected chi connectivity index (χ3v) is 4.21. The van der Waals surface area contributed by atoms with Crippen LogP contribution in [0.25, 0.3) is 0 Å². The summed E-state index contributed by atoms with van der Waals surface area (Å²) in [6.45, 7) is 4.07. The largest absolute Gasteiger partial charge is 0.351 e. The molecule has 2 heterocycles. The Morgan fingerprint density at radius 2 is 2.41 bits per heavy atom. The molecule has 0 fully saturated rings. The van der Waals surface area contributed by atoms with E-state index in [1.54, 1.807) is 11.3 Å². The van der Waals surface area contributed by atoms with E-state index in [4.69, 9.17) is 0 Å². The van der Waals surface area contributed by atoms with Crippen molar-refractivity contribution in [1.82, 2.24) is 9.55 Å². The first-order chi connectivity index (χ1) is 8.29. The second kappa shape index (κ2) is 6.21. The van der Waals surface area contributed by atoms with E-state index in [0.717, 1.165) is 23.5 Å². The zero-order valence-corrected chi connectivity index (χ0v) is 12.2. The maximum absolute atomic E-state index is 4.34. The number of aromatic nitrogens is 2. The number of hydrogen-bond acceptors (Lipinski definition) is 3. The van der Waals surface area contributed by atoms with Gasteiger partial charge < -0.3 is 9.88 Å². The molecule has 0 aliphatic carbocycles. The van der Waals surface area contributed by atoms with Gasteiger partial charge in [-0.3, -0.25) is 0 Å². The molecule has 0 saturated carbocycles. The van der Waals surface area contributed by atoms with Crippen LogP contribution in [0.1, 0.15) is 24.6 Å². The molecule has 0 saturated heterocycles. The molecule has 2 aromatic rings. The van der Waals surface area contributed by atoms with E-state index in [2.05, 4.69) is 49.2 Å². The van der Waals surface area contributed by atoms with Crippen LogP contribution in [-0.2, 0) is 13.1 Å². The molecule has 17 heavy (non-hydrogen) atoms. The summed E-state index contributed by atoms with van der Waals surface area (Å²) in [6, 6.07) is 2.14. The number of halogens is 1. The monoisotopic (exact) mass is 313 g/mol. The summed E-state index contributed by atoms with van der Waals surface area (Å²) in [5, 5.41) is 5.47. The molecule has 0 bridgehead atoms. The fourth-order valence-electron chi connectivity index (χ4n) is 1.60. The third-order valence-electron chi connectivity index (χ3n) is 2.51. The van der Waals surface area contributed by atoms with Crippen LogP contribution in [0.3, 0.4) is 0 Å². The molecule has 5 heteroatoms. The van der Waals surface area contributed by atoms with Crippen LogP contribution in [0.4, 0.5) is 5.95 Å². The predicted molar refractivity (Wildman–Crippen MR) is 76.5 cm³/mol. The van der Waals surface area contributed by atoms with Crippen molar-refractivity contribution in [3.63, 3.8) is 0 Å². The zero-order valence-electron chi connectivity index (χ0n) is 9.82. The Bertz CT molecular complexity index is 464. The van der Waals surface area contributed by atoms with Crippen LogP contribution in [0.15, 0.2) is 28.3 Å². The Hall–Kier alpha value is -0.810. The van der Waals surface area contributed by atoms with Gasteiger partial charge in [-0.15, -0.1) is 11.3 Å². The van der Waals surface area contributed by atoms with Gasteiger partial charge in [0.2, 0.25) is 5.95 Å². The van der Waals surface area contributed by atoms with Gasteiger partial charge in [0.15, 0.2) is 0 Å². The van der Waals surface area contributed by atoms with Crippen LogP contribution in [0, 0.1) is 0 Å². The van der Waals surface area contributed by atoms with Crippen LogP contribution >= 0.6 is 27.3 Å². The van der Waals surface area contributed by atoms with Crippen molar-refractivity contribution >= 4 is 33.2 Å². The molecule has 1 N–H and O–H groups in total. The van der Waals surface area contributed by atoms with E-state index < -0.39 is 0 Å². The average Bonchev–Trinajstić information content (AvgIpc) is 2.92. The molecule has 0 aromatic carbocycles. The lowest BCUT2D eigenvalue weighted by atomic mass is 10.3. The number of thiophene rings is 1. The number of hydrogen-bond donors (Lipinski definition) is 1. The van der Waals surface area contributed by atoms with Gasteiger partial charge in [0, 0.05) is 33.7 Å². The summed E-state index contributed by atoms with van der Waals surface area (Å²) in [5.41, 5.74) is 0. The first kappa shape index (κ1) is 12.6. The molecular weight excluding hydrogens is 298 g/mol. The van der Waals surface area contributed by atoms with Crippen LogP contribution in [0.2, 0.25) is 0 Å². The Morgan fingerprint density at radius 3 is 3.12 bits per heavy atom. The maximum atomic E-state index is 4.34. The lowest BCUT2D eigenvalue weighted by Crippen LogP contribution is -2.06. The van der Waals surface area contributed by atoms with E-state index in [-0.39, 0.29) is 0 Å². The van der Waals surface area contributed by atoms with Gasteiger partial charge >= 0.3 is 0 Å². The molecule has 0 radical (unpaired) electrons. The number of imidazole rings is 1. The lowest BCUT2D eigenvalue weighted by molar-refractivity contribution is 0.635. The van der Waals surface area contributed by atoms with Crippen LogP contribution in [-0.4, -0.2) is 9.55 Å². The van der Waals surface area contributed by atoms with Gasteiger partial charge in [-0.05, 0) is 28.4 Å². The summed E-state index contributed by atoms with van der Waals surface area (Å²) in [7, 11) is 0. The molecular formula is C12H16BrN3S. The van der Waals surface area contributed by atoms with Gasteiger partial charge in [0.25, 0.3) is 0 Å². The highest BCUT2D eigenvalue weighted by molar-refractivity contribution is 9.10. The highest BCUT2D eigenvalue weighted by atomic mass is 79.9. The average molecular weight is 314 g/mol. The second-order valence-electron chi connectivity index (χ2n) is 3.88. The van der Waals surface area contributed by atoms with Crippen LogP contribution < -0.4 is 5.32 Å². The van der Waals surface area contributed by atoms with Gasteiger partial charge in [-0.2, -0.15) is 0 Å². The molecule has 0 atom stereocenters. The summed E-state index contributed by atoms with van der Waals surface area (Å²) in [5.74, 6) is 0.961. The van der Waals surface area contributed by atoms with E-state index in [0.29, 0.717) is 0 Å². The first-order valence-electron chi connectivity index (χ1n) is 5.77. The number of nitrogens with one attached hydrogen (secondary N) is 1. The normalized spacial score (nSPS) is 10.7. The lowest BCUT2D eigenvalue weighted by Gasteiger charge is -2.08. The minimum Gasteiger partial charge on any atom is -0.351 e. The Kier molecular flexibility index (Phi) is 4.62. The van der Waals surface area contributed by atoms with E-state index in [9.17, 15) is 0 Å². The predicted octanol–water partition coefficient (Wildman–Crippen LogP) is 4.12. The molecule has 0 aliphatic heterocycles. The highest BCUT2D eigenvalue weighted by Crippen LogP contribution is 2.20. The summed E-state index contributed by atoms with van der Waals surface area (Å²) < 4.78 is 3.32. The minimum atomic E-state index is 0.833. The Labute approximate surface area is 114 Å². The van der Waals surface area contributed by atoms with E-state index in [1.807, 2.05) is 12.4 Å². The van der Waals surface area contributed by atoms with Crippen molar-refractivity contribution in [3.8, 4) is 0 Å². The topological polar surface area (TPSA) is 29.9 Å². The smallest absolute Gasteiger partial charge is 0.203 e. The summed E-state index contributed by atoms with van der Waals surface area (Å²) in [6.07, 6.45) is 6.27. The number of nitrogens with zero attached hydrogens (tertiary/aromatic N) is 2. The van der Waals surface area contributed by atoms with Crippen molar-refractivity contribution in [2.45, 2.75) is 32.9 Å². The zero-order chi connectivity index (χ0) is 12.1. The Balaban J connectivity index is 1.92. The minimum absolute atomic E-state index is 0.833. The summed E-state index contributed by atoms with van der Waals surface area (Å²) in [4.78, 5) is 5.64. The summed E-state index contributed by atoms with van der Waals surface area (Å²) >= 11 is 5.21. The molecule has 0 amide bonds. The molecule has 2 aromatic heterocycles. The number of aryl methyl sites for hydroxylation is 1. The fourth-order valence-corrected chi connectivity index (χ4v) is 2.99. The van der Waals surface area contributed by atoms with Gasteiger partial charge in [0.1, 0.15) is 0 Å². The molecule has 0 spiro atoms. The molecule has 0 unspecified atom stereocenters. The van der Waals surface area contributed by atoms with E-state index >= 15 is 0 Å². The van der Waals surface area contributed by atoms with Crippen LogP contribution in [0.5, 0.6) is 0 Å². The SMILES string of the molecule is CCCCn1ccnc1NCc1cc(Br)cs1. The fraction of sp³-hybridized carbons (Fsp3) is 0.417. The third kappa shape index (κ3) is 3.57. The quantitative estimate of drug-likeness (QED) is 0.869. The maximum Gasteiger partial charge on any atom is 0.203 e. The van der Waals surface area contributed by atoms with Gasteiger partial charge in [-0.1, -0.05) is 13.3 Å². The molecule has 2 rings (SSSR count). The van der Waals surface area contributed by atoms with Crippen molar-refractivity contribution < 1.29 is 0 Å².